The third kappa shape index (κ3) is 3.70. The molecule has 1 aliphatic rings. The van der Waals surface area contributed by atoms with Crippen LogP contribution in [0.2, 0.25) is 0 Å². The molecule has 0 radical (unpaired) electrons. The van der Waals surface area contributed by atoms with Gasteiger partial charge in [-0.25, -0.2) is 0 Å². The Hall–Kier alpha value is -1.10. The van der Waals surface area contributed by atoms with E-state index in [-0.39, 0.29) is 12.7 Å². The molecule has 1 fully saturated rings. The number of aliphatic hydroxyl groups is 1. The van der Waals surface area contributed by atoms with Crippen molar-refractivity contribution < 1.29 is 14.6 Å². The number of hydrogen-bond acceptors (Lipinski definition) is 4. The fourth-order valence-electron chi connectivity index (χ4n) is 2.15. The van der Waals surface area contributed by atoms with Crippen molar-refractivity contribution in [1.29, 1.82) is 0 Å². The summed E-state index contributed by atoms with van der Waals surface area (Å²) < 4.78 is 11.1. The Balaban J connectivity index is 1.74. The first kappa shape index (κ1) is 13.3. The van der Waals surface area contributed by atoms with Crippen LogP contribution < -0.4 is 5.73 Å². The van der Waals surface area contributed by atoms with Crippen LogP contribution in [0.3, 0.4) is 0 Å². The molecule has 18 heavy (non-hydrogen) atoms. The summed E-state index contributed by atoms with van der Waals surface area (Å²) in [7, 11) is 0. The Kier molecular flexibility index (Phi) is 4.99. The first-order chi connectivity index (χ1) is 8.77. The highest BCUT2D eigenvalue weighted by atomic mass is 16.5. The van der Waals surface area contributed by atoms with Crippen LogP contribution >= 0.6 is 0 Å². The van der Waals surface area contributed by atoms with E-state index < -0.39 is 6.10 Å². The number of nitrogens with two attached hydrogens (primary N) is 1. The van der Waals surface area contributed by atoms with E-state index in [9.17, 15) is 5.11 Å². The molecule has 1 aliphatic heterocycles. The van der Waals surface area contributed by atoms with Crippen molar-refractivity contribution in [1.82, 2.24) is 0 Å². The van der Waals surface area contributed by atoms with Gasteiger partial charge >= 0.3 is 0 Å². The SMILES string of the molecule is Nc1ccccc1C(O)COCC1CCCCO1. The molecule has 1 aromatic rings. The third-order valence-corrected chi connectivity index (χ3v) is 3.21. The molecular weight excluding hydrogens is 230 g/mol. The highest BCUT2D eigenvalue weighted by molar-refractivity contribution is 5.47. The first-order valence-electron chi connectivity index (χ1n) is 6.49. The molecule has 0 saturated carbocycles. The molecule has 0 amide bonds. The van der Waals surface area contributed by atoms with Crippen LogP contribution in [0.15, 0.2) is 24.3 Å². The van der Waals surface area contributed by atoms with Gasteiger partial charge in [-0.2, -0.15) is 0 Å². The van der Waals surface area contributed by atoms with Crippen molar-refractivity contribution in [2.24, 2.45) is 0 Å². The van der Waals surface area contributed by atoms with Gasteiger partial charge in [0.05, 0.1) is 19.3 Å². The average molecular weight is 251 g/mol. The van der Waals surface area contributed by atoms with Crippen LogP contribution in [-0.4, -0.2) is 31.0 Å². The molecule has 4 heteroatoms. The zero-order chi connectivity index (χ0) is 12.8. The number of para-hydroxylation sites is 1. The van der Waals surface area contributed by atoms with E-state index in [1.165, 1.54) is 6.42 Å². The molecule has 1 heterocycles. The average Bonchev–Trinajstić information content (AvgIpc) is 2.40. The van der Waals surface area contributed by atoms with Crippen molar-refractivity contribution in [3.8, 4) is 0 Å². The van der Waals surface area contributed by atoms with Crippen molar-refractivity contribution >= 4 is 5.69 Å². The Morgan fingerprint density at radius 2 is 2.22 bits per heavy atom. The van der Waals surface area contributed by atoms with Crippen LogP contribution in [0.25, 0.3) is 0 Å². The summed E-state index contributed by atoms with van der Waals surface area (Å²) in [6, 6.07) is 7.31. The number of nitrogen functional groups attached to an aromatic ring is 1. The molecule has 2 atom stereocenters. The fourth-order valence-corrected chi connectivity index (χ4v) is 2.15. The van der Waals surface area contributed by atoms with E-state index in [1.807, 2.05) is 18.2 Å². The van der Waals surface area contributed by atoms with Gasteiger partial charge < -0.3 is 20.3 Å². The predicted octanol–water partition coefficient (Wildman–Crippen LogP) is 1.89. The lowest BCUT2D eigenvalue weighted by Gasteiger charge is -2.23. The van der Waals surface area contributed by atoms with Gasteiger partial charge in [-0.1, -0.05) is 18.2 Å². The van der Waals surface area contributed by atoms with Crippen molar-refractivity contribution in [3.63, 3.8) is 0 Å². The first-order valence-corrected chi connectivity index (χ1v) is 6.49. The fraction of sp³-hybridized carbons (Fsp3) is 0.571. The molecule has 0 bridgehead atoms. The molecule has 1 aromatic carbocycles. The van der Waals surface area contributed by atoms with Crippen LogP contribution in [0.1, 0.15) is 30.9 Å². The van der Waals surface area contributed by atoms with Crippen molar-refractivity contribution in [2.75, 3.05) is 25.6 Å². The summed E-state index contributed by atoms with van der Waals surface area (Å²) in [5.74, 6) is 0. The molecule has 0 aromatic heterocycles. The normalized spacial score (nSPS) is 21.7. The summed E-state index contributed by atoms with van der Waals surface area (Å²) in [4.78, 5) is 0. The van der Waals surface area contributed by atoms with E-state index in [0.717, 1.165) is 25.0 Å². The molecule has 100 valence electrons. The van der Waals surface area contributed by atoms with Gasteiger partial charge in [-0.05, 0) is 25.3 Å². The number of aliphatic hydroxyl groups excluding tert-OH is 1. The second-order valence-corrected chi connectivity index (χ2v) is 4.67. The second kappa shape index (κ2) is 6.73. The molecule has 2 unspecified atom stereocenters. The van der Waals surface area contributed by atoms with Crippen molar-refractivity contribution in [2.45, 2.75) is 31.5 Å². The van der Waals surface area contributed by atoms with Gasteiger partial charge in [-0.3, -0.25) is 0 Å². The Bertz CT molecular complexity index is 364. The summed E-state index contributed by atoms with van der Waals surface area (Å²) in [5, 5.41) is 9.99. The van der Waals surface area contributed by atoms with Gasteiger partial charge in [0.1, 0.15) is 6.10 Å². The maximum atomic E-state index is 9.99. The largest absolute Gasteiger partial charge is 0.398 e. The van der Waals surface area contributed by atoms with Gasteiger partial charge in [0.2, 0.25) is 0 Å². The smallest absolute Gasteiger partial charge is 0.104 e. The topological polar surface area (TPSA) is 64.7 Å². The lowest BCUT2D eigenvalue weighted by atomic mass is 10.1. The number of ether oxygens (including phenoxy) is 2. The monoisotopic (exact) mass is 251 g/mol. The molecular formula is C14H21NO3. The Labute approximate surface area is 108 Å². The van der Waals surface area contributed by atoms with Crippen LogP contribution in [0, 0.1) is 0 Å². The van der Waals surface area contributed by atoms with Gasteiger partial charge in [-0.15, -0.1) is 0 Å². The van der Waals surface area contributed by atoms with Crippen LogP contribution in [0.5, 0.6) is 0 Å². The highest BCUT2D eigenvalue weighted by Gasteiger charge is 2.16. The van der Waals surface area contributed by atoms with Gasteiger partial charge in [0.25, 0.3) is 0 Å². The lowest BCUT2D eigenvalue weighted by Crippen LogP contribution is -2.25. The van der Waals surface area contributed by atoms with E-state index in [4.69, 9.17) is 15.2 Å². The minimum atomic E-state index is -0.671. The Morgan fingerprint density at radius 1 is 1.39 bits per heavy atom. The van der Waals surface area contributed by atoms with Crippen LogP contribution in [0.4, 0.5) is 5.69 Å². The number of anilines is 1. The second-order valence-electron chi connectivity index (χ2n) is 4.67. The molecule has 3 N–H and O–H groups in total. The summed E-state index contributed by atoms with van der Waals surface area (Å²) >= 11 is 0. The number of rotatable bonds is 5. The number of hydrogen-bond donors (Lipinski definition) is 2. The van der Waals surface area contributed by atoms with Crippen LogP contribution in [-0.2, 0) is 9.47 Å². The predicted molar refractivity (Wildman–Crippen MR) is 70.2 cm³/mol. The number of benzene rings is 1. The minimum absolute atomic E-state index is 0.180. The van der Waals surface area contributed by atoms with Gasteiger partial charge in [0, 0.05) is 17.9 Å². The van der Waals surface area contributed by atoms with Crippen molar-refractivity contribution in [3.05, 3.63) is 29.8 Å². The standard InChI is InChI=1S/C14H21NO3/c15-13-7-2-1-6-12(13)14(16)10-17-9-11-5-3-4-8-18-11/h1-2,6-7,11,14,16H,3-5,8-10,15H2. The molecule has 0 spiro atoms. The third-order valence-electron chi connectivity index (χ3n) is 3.21. The Morgan fingerprint density at radius 3 is 2.94 bits per heavy atom. The van der Waals surface area contributed by atoms with E-state index in [0.29, 0.717) is 12.3 Å². The van der Waals surface area contributed by atoms with E-state index >= 15 is 0 Å². The van der Waals surface area contributed by atoms with E-state index in [2.05, 4.69) is 0 Å². The molecule has 1 saturated heterocycles. The minimum Gasteiger partial charge on any atom is -0.398 e. The highest BCUT2D eigenvalue weighted by Crippen LogP contribution is 2.20. The summed E-state index contributed by atoms with van der Waals surface area (Å²) in [6.45, 7) is 1.63. The maximum Gasteiger partial charge on any atom is 0.104 e. The molecule has 4 nitrogen and oxygen atoms in total. The molecule has 2 rings (SSSR count). The van der Waals surface area contributed by atoms with E-state index in [1.54, 1.807) is 6.07 Å². The zero-order valence-electron chi connectivity index (χ0n) is 10.5. The molecule has 0 aliphatic carbocycles. The zero-order valence-corrected chi connectivity index (χ0v) is 10.5. The maximum absolute atomic E-state index is 9.99. The van der Waals surface area contributed by atoms with Gasteiger partial charge in [0.15, 0.2) is 0 Å². The summed E-state index contributed by atoms with van der Waals surface area (Å²) in [6.07, 6.45) is 2.89. The summed E-state index contributed by atoms with van der Waals surface area (Å²) in [5.41, 5.74) is 7.12. The quantitative estimate of drug-likeness (QED) is 0.784. The lowest BCUT2D eigenvalue weighted by molar-refractivity contribution is -0.0573.